The van der Waals surface area contributed by atoms with E-state index in [-0.39, 0.29) is 23.4 Å². The molecular weight excluding hydrogens is 292 g/mol. The number of nitrogens with two attached hydrogens (primary N) is 1. The van der Waals surface area contributed by atoms with Gasteiger partial charge in [0.05, 0.1) is 19.1 Å². The molecule has 0 amide bonds. The molecule has 0 fully saturated rings. The molecule has 0 heterocycles. The molecule has 1 unspecified atom stereocenters. The Bertz CT molecular complexity index is 585. The minimum absolute atomic E-state index is 0.102. The molecule has 1 aromatic carbocycles. The summed E-state index contributed by atoms with van der Waals surface area (Å²) in [5.41, 5.74) is 6.21. The van der Waals surface area contributed by atoms with Gasteiger partial charge in [-0.2, -0.15) is 0 Å². The van der Waals surface area contributed by atoms with Crippen LogP contribution in [0.15, 0.2) is 17.0 Å². The molecule has 0 aliphatic heterocycles. The van der Waals surface area contributed by atoms with Crippen LogP contribution in [-0.2, 0) is 10.0 Å². The lowest BCUT2D eigenvalue weighted by atomic mass is 10.1. The lowest BCUT2D eigenvalue weighted by Gasteiger charge is -2.21. The van der Waals surface area contributed by atoms with Gasteiger partial charge < -0.3 is 15.2 Å². The van der Waals surface area contributed by atoms with E-state index in [4.69, 9.17) is 15.2 Å². The van der Waals surface area contributed by atoms with Gasteiger partial charge in [-0.3, -0.25) is 0 Å². The molecule has 21 heavy (non-hydrogen) atoms. The number of hydrogen-bond acceptors (Lipinski definition) is 5. The van der Waals surface area contributed by atoms with Crippen LogP contribution < -0.4 is 19.9 Å². The molecule has 0 aromatic heterocycles. The first-order chi connectivity index (χ1) is 9.76. The van der Waals surface area contributed by atoms with Crippen molar-refractivity contribution in [3.63, 3.8) is 0 Å². The van der Waals surface area contributed by atoms with Crippen LogP contribution in [0.5, 0.6) is 11.5 Å². The molecule has 1 rings (SSSR count). The van der Waals surface area contributed by atoms with Crippen molar-refractivity contribution in [1.82, 2.24) is 4.72 Å². The largest absolute Gasteiger partial charge is 0.493 e. The van der Waals surface area contributed by atoms with E-state index in [1.165, 1.54) is 20.3 Å². The first kappa shape index (κ1) is 17.7. The van der Waals surface area contributed by atoms with Crippen LogP contribution >= 0.6 is 0 Å². The van der Waals surface area contributed by atoms with Crippen molar-refractivity contribution in [2.45, 2.75) is 31.7 Å². The third-order valence-corrected chi connectivity index (χ3v) is 4.97. The predicted molar refractivity (Wildman–Crippen MR) is 82.3 cm³/mol. The zero-order chi connectivity index (χ0) is 16.2. The van der Waals surface area contributed by atoms with Gasteiger partial charge in [0.15, 0.2) is 11.5 Å². The van der Waals surface area contributed by atoms with E-state index in [9.17, 15) is 8.42 Å². The molecule has 0 saturated carbocycles. The quantitative estimate of drug-likeness (QED) is 0.790. The first-order valence-electron chi connectivity index (χ1n) is 6.71. The van der Waals surface area contributed by atoms with Crippen LogP contribution in [0.1, 0.15) is 19.4 Å². The fraction of sp³-hybridized carbons (Fsp3) is 0.571. The van der Waals surface area contributed by atoms with Crippen LogP contribution in [0.4, 0.5) is 0 Å². The smallest absolute Gasteiger partial charge is 0.241 e. The zero-order valence-electron chi connectivity index (χ0n) is 13.1. The number of ether oxygens (including phenoxy) is 2. The van der Waals surface area contributed by atoms with Gasteiger partial charge in [0.25, 0.3) is 0 Å². The molecule has 7 heteroatoms. The summed E-state index contributed by atoms with van der Waals surface area (Å²) in [5.74, 6) is 0.968. The second kappa shape index (κ2) is 7.11. The lowest BCUT2D eigenvalue weighted by molar-refractivity contribution is 0.353. The Balaban J connectivity index is 3.25. The van der Waals surface area contributed by atoms with E-state index in [1.54, 1.807) is 13.0 Å². The average molecular weight is 316 g/mol. The SMILES string of the molecule is COc1cc(C)c(S(=O)(=O)NC(CN)C(C)C)cc1OC. The number of hydrogen-bond donors (Lipinski definition) is 2. The van der Waals surface area contributed by atoms with E-state index in [1.807, 2.05) is 13.8 Å². The molecule has 0 aliphatic carbocycles. The van der Waals surface area contributed by atoms with E-state index < -0.39 is 10.0 Å². The van der Waals surface area contributed by atoms with Gasteiger partial charge >= 0.3 is 0 Å². The number of benzene rings is 1. The van der Waals surface area contributed by atoms with E-state index >= 15 is 0 Å². The molecule has 0 bridgehead atoms. The summed E-state index contributed by atoms with van der Waals surface area (Å²) < 4.78 is 38.0. The Morgan fingerprint density at radius 2 is 1.71 bits per heavy atom. The molecule has 1 aromatic rings. The molecule has 6 nitrogen and oxygen atoms in total. The summed E-state index contributed by atoms with van der Waals surface area (Å²) in [6.45, 7) is 5.79. The van der Waals surface area contributed by atoms with Gasteiger partial charge in [0, 0.05) is 18.7 Å². The third kappa shape index (κ3) is 4.09. The minimum atomic E-state index is -3.67. The van der Waals surface area contributed by atoms with Crippen molar-refractivity contribution in [1.29, 1.82) is 0 Å². The van der Waals surface area contributed by atoms with Gasteiger partial charge in [-0.1, -0.05) is 13.8 Å². The Kier molecular flexibility index (Phi) is 6.00. The monoisotopic (exact) mass is 316 g/mol. The van der Waals surface area contributed by atoms with E-state index in [0.717, 1.165) is 0 Å². The lowest BCUT2D eigenvalue weighted by Crippen LogP contribution is -2.43. The Morgan fingerprint density at radius 3 is 2.14 bits per heavy atom. The maximum absolute atomic E-state index is 12.5. The molecule has 0 radical (unpaired) electrons. The zero-order valence-corrected chi connectivity index (χ0v) is 14.0. The average Bonchev–Trinajstić information content (AvgIpc) is 2.43. The van der Waals surface area contributed by atoms with E-state index in [0.29, 0.717) is 17.1 Å². The van der Waals surface area contributed by atoms with Gasteiger partial charge in [0.1, 0.15) is 0 Å². The molecule has 0 aliphatic rings. The van der Waals surface area contributed by atoms with Crippen molar-refractivity contribution in [3.8, 4) is 11.5 Å². The van der Waals surface area contributed by atoms with Gasteiger partial charge in [-0.05, 0) is 24.5 Å². The van der Waals surface area contributed by atoms with Crippen LogP contribution in [0, 0.1) is 12.8 Å². The highest BCUT2D eigenvalue weighted by atomic mass is 32.2. The first-order valence-corrected chi connectivity index (χ1v) is 8.20. The van der Waals surface area contributed by atoms with Crippen LogP contribution in [-0.4, -0.2) is 35.2 Å². The Morgan fingerprint density at radius 1 is 1.19 bits per heavy atom. The summed E-state index contributed by atoms with van der Waals surface area (Å²) >= 11 is 0. The van der Waals surface area contributed by atoms with E-state index in [2.05, 4.69) is 4.72 Å². The van der Waals surface area contributed by atoms with Crippen molar-refractivity contribution in [3.05, 3.63) is 17.7 Å². The maximum Gasteiger partial charge on any atom is 0.241 e. The summed E-state index contributed by atoms with van der Waals surface area (Å²) in [6, 6.07) is 2.78. The number of methoxy groups -OCH3 is 2. The highest BCUT2D eigenvalue weighted by Gasteiger charge is 2.24. The van der Waals surface area contributed by atoms with Crippen LogP contribution in [0.25, 0.3) is 0 Å². The highest BCUT2D eigenvalue weighted by molar-refractivity contribution is 7.89. The second-order valence-electron chi connectivity index (χ2n) is 5.18. The number of rotatable bonds is 7. The fourth-order valence-electron chi connectivity index (χ4n) is 1.97. The number of sulfonamides is 1. The molecule has 0 saturated heterocycles. The topological polar surface area (TPSA) is 90.7 Å². The summed E-state index contributed by atoms with van der Waals surface area (Å²) in [4.78, 5) is 0.166. The number of nitrogens with one attached hydrogen (secondary N) is 1. The van der Waals surface area contributed by atoms with Gasteiger partial charge in [-0.25, -0.2) is 13.1 Å². The standard InChI is InChI=1S/C14H24N2O4S/c1-9(2)11(8-15)16-21(17,18)14-7-13(20-5)12(19-4)6-10(14)3/h6-7,9,11,16H,8,15H2,1-5H3. The Labute approximate surface area is 126 Å². The van der Waals surface area contributed by atoms with Crippen LogP contribution in [0.2, 0.25) is 0 Å². The molecule has 120 valence electrons. The van der Waals surface area contributed by atoms with Gasteiger partial charge in [-0.15, -0.1) is 0 Å². The van der Waals surface area contributed by atoms with Crippen molar-refractivity contribution >= 4 is 10.0 Å². The maximum atomic E-state index is 12.5. The third-order valence-electron chi connectivity index (χ3n) is 3.34. The Hall–Kier alpha value is -1.31. The van der Waals surface area contributed by atoms with Crippen LogP contribution in [0.3, 0.4) is 0 Å². The fourth-order valence-corrected chi connectivity index (χ4v) is 3.61. The highest BCUT2D eigenvalue weighted by Crippen LogP contribution is 2.32. The summed E-state index contributed by atoms with van der Waals surface area (Å²) in [6.07, 6.45) is 0. The molecule has 0 spiro atoms. The predicted octanol–water partition coefficient (Wildman–Crippen LogP) is 1.27. The van der Waals surface area contributed by atoms with Gasteiger partial charge in [0.2, 0.25) is 10.0 Å². The molecule has 3 N–H and O–H groups in total. The second-order valence-corrected chi connectivity index (χ2v) is 6.86. The molecule has 1 atom stereocenters. The normalized spacial score (nSPS) is 13.3. The van der Waals surface area contributed by atoms with Crippen molar-refractivity contribution in [2.24, 2.45) is 11.7 Å². The summed E-state index contributed by atoms with van der Waals surface area (Å²) in [5, 5.41) is 0. The number of aryl methyl sites for hydroxylation is 1. The van der Waals surface area contributed by atoms with Crippen molar-refractivity contribution < 1.29 is 17.9 Å². The minimum Gasteiger partial charge on any atom is -0.493 e. The van der Waals surface area contributed by atoms with Crippen molar-refractivity contribution in [2.75, 3.05) is 20.8 Å². The molecular formula is C14H24N2O4S. The summed E-state index contributed by atoms with van der Waals surface area (Å²) in [7, 11) is -0.697.